The minimum Gasteiger partial charge on any atom is -0.508 e. The van der Waals surface area contributed by atoms with Gasteiger partial charge in [-0.2, -0.15) is 0 Å². The number of nitrogens with one attached hydrogen (secondary N) is 8. The lowest BCUT2D eigenvalue weighted by atomic mass is 9.98. The summed E-state index contributed by atoms with van der Waals surface area (Å²) in [6.45, 7) is 16.2. The van der Waals surface area contributed by atoms with Crippen LogP contribution in [-0.2, 0) is 54.4 Å². The molecule has 0 radical (unpaired) electrons. The number of hydrogen-bond donors (Lipinski definition) is 14. The summed E-state index contributed by atoms with van der Waals surface area (Å²) in [6.07, 6.45) is -1.66. The third-order valence-electron chi connectivity index (χ3n) is 11.2. The zero-order chi connectivity index (χ0) is 55.2. The molecule has 0 aliphatic rings. The molecule has 0 heterocycles. The number of amides is 8. The van der Waals surface area contributed by atoms with Crippen molar-refractivity contribution >= 4 is 59.2 Å². The smallest absolute Gasteiger partial charge is 0.326 e. The van der Waals surface area contributed by atoms with Gasteiger partial charge in [-0.25, -0.2) is 4.79 Å². The summed E-state index contributed by atoms with van der Waals surface area (Å²) in [5.74, 6) is -11.8. The van der Waals surface area contributed by atoms with Crippen LogP contribution < -0.4 is 54.0 Å². The van der Waals surface area contributed by atoms with Crippen molar-refractivity contribution in [3.63, 3.8) is 0 Å². The zero-order valence-corrected chi connectivity index (χ0v) is 43.1. The molecule has 24 nitrogen and oxygen atoms in total. The predicted molar refractivity (Wildman–Crippen MR) is 264 cm³/mol. The third kappa shape index (κ3) is 22.8. The summed E-state index contributed by atoms with van der Waals surface area (Å²) in [5, 5.41) is 59.9. The average Bonchev–Trinajstić information content (AvgIpc) is 3.27. The van der Waals surface area contributed by atoms with Crippen LogP contribution >= 0.6 is 0 Å². The maximum atomic E-state index is 14.0. The van der Waals surface area contributed by atoms with Crippen LogP contribution in [0.3, 0.4) is 0 Å². The van der Waals surface area contributed by atoms with E-state index in [0.29, 0.717) is 18.4 Å². The van der Waals surface area contributed by atoms with Gasteiger partial charge in [0.15, 0.2) is 0 Å². The summed E-state index contributed by atoms with van der Waals surface area (Å²) in [4.78, 5) is 133. The van der Waals surface area contributed by atoms with Crippen LogP contribution in [0.2, 0.25) is 0 Å². The lowest BCUT2D eigenvalue weighted by molar-refractivity contribution is -0.143. The largest absolute Gasteiger partial charge is 0.508 e. The first-order chi connectivity index (χ1) is 33.5. The molecule has 0 aromatic heterocycles. The second-order valence-corrected chi connectivity index (χ2v) is 19.6. The van der Waals surface area contributed by atoms with Gasteiger partial charge in [0.25, 0.3) is 0 Å². The molecule has 24 heteroatoms. The fourth-order valence-corrected chi connectivity index (χ4v) is 7.22. The summed E-state index contributed by atoms with van der Waals surface area (Å²) in [5.41, 5.74) is 11.8. The van der Waals surface area contributed by atoms with Gasteiger partial charge in [0.1, 0.15) is 54.1 Å². The van der Waals surface area contributed by atoms with E-state index in [4.69, 9.17) is 11.5 Å². The first-order valence-electron chi connectivity index (χ1n) is 24.3. The van der Waals surface area contributed by atoms with Crippen molar-refractivity contribution in [1.29, 1.82) is 0 Å². The van der Waals surface area contributed by atoms with Gasteiger partial charge in [-0.15, -0.1) is 0 Å². The Kier molecular flexibility index (Phi) is 27.5. The zero-order valence-electron chi connectivity index (χ0n) is 43.1. The Balaban J connectivity index is 3.44. The maximum Gasteiger partial charge on any atom is 0.326 e. The molecule has 0 aliphatic heterocycles. The number of unbranched alkanes of at least 4 members (excludes halogenated alkanes) is 1. The first-order valence-corrected chi connectivity index (χ1v) is 24.3. The molecule has 0 aliphatic carbocycles. The Morgan fingerprint density at radius 1 is 0.500 bits per heavy atom. The van der Waals surface area contributed by atoms with E-state index in [0.717, 1.165) is 0 Å². The lowest BCUT2D eigenvalue weighted by Gasteiger charge is -2.30. The Labute approximate surface area is 421 Å². The molecule has 0 saturated carbocycles. The minimum absolute atomic E-state index is 0.0407. The molecule has 0 saturated heterocycles. The number of benzene rings is 1. The molecule has 1 rings (SSSR count). The fourth-order valence-electron chi connectivity index (χ4n) is 7.22. The molecule has 0 bridgehead atoms. The molecule has 0 spiro atoms. The molecule has 406 valence electrons. The molecule has 1 aromatic carbocycles. The summed E-state index contributed by atoms with van der Waals surface area (Å²) < 4.78 is 0. The Bertz CT molecular complexity index is 2000. The standard InChI is InChI=1S/C48H80N10O14/c1-23(2)19-32(52-40(63)27(9)50)42(65)53-33(21-29-14-16-30(60)17-15-29)43(66)54-34(22-36(61)62)44(67)56-37(25(5)6)45(68)57-38(26(7)8)46(69)58-39(28(10)59)47(70)51-31(13-11-12-18-49)41(64)55-35(48(71)72)20-24(3)4/h14-17,23-28,31-35,37-39,59-60H,11-13,18-22,49-50H2,1-10H3,(H,51,70)(H,52,63)(H,53,65)(H,54,66)(H,55,64)(H,56,67)(H,57,68)(H,58,69)(H,61,62)(H,71,72)/t27-,28+,31-,32-,33-,34-,35-,37-,38-,39-/m0/s1. The van der Waals surface area contributed by atoms with E-state index in [1.54, 1.807) is 41.5 Å². The van der Waals surface area contributed by atoms with Crippen molar-refractivity contribution in [3.8, 4) is 5.75 Å². The van der Waals surface area contributed by atoms with Gasteiger partial charge in [0.2, 0.25) is 47.3 Å². The maximum absolute atomic E-state index is 14.0. The number of aliphatic hydroxyl groups is 1. The molecule has 10 atom stereocenters. The Morgan fingerprint density at radius 2 is 0.903 bits per heavy atom. The van der Waals surface area contributed by atoms with E-state index in [-0.39, 0.29) is 49.8 Å². The number of carboxylic acids is 2. The molecule has 8 amide bonds. The fraction of sp³-hybridized carbons (Fsp3) is 0.667. The second-order valence-electron chi connectivity index (χ2n) is 19.6. The SMILES string of the molecule is CC(C)C[C@H](NC(=O)[C@H](CCCCN)NC(=O)[C@@H](NC(=O)[C@@H](NC(=O)[C@@H](NC(=O)[C@H](CC(=O)O)NC(=O)[C@H](Cc1ccc(O)cc1)NC(=O)[C@H](CC(C)C)NC(=O)[C@H](C)N)C(C)C)C(C)C)[C@@H](C)O)C(=O)O. The van der Waals surface area contributed by atoms with Gasteiger partial charge in [-0.05, 0) is 93.9 Å². The number of nitrogens with two attached hydrogens (primary N) is 2. The topological polar surface area (TPSA) is 400 Å². The van der Waals surface area contributed by atoms with Crippen LogP contribution in [0.15, 0.2) is 24.3 Å². The number of carboxylic acid groups (broad SMARTS) is 2. The van der Waals surface area contributed by atoms with E-state index in [9.17, 15) is 68.4 Å². The molecule has 1 aromatic rings. The highest BCUT2D eigenvalue weighted by atomic mass is 16.4. The van der Waals surface area contributed by atoms with Crippen LogP contribution in [0, 0.1) is 23.7 Å². The number of carbonyl (C=O) groups is 10. The third-order valence-corrected chi connectivity index (χ3v) is 11.2. The number of rotatable bonds is 32. The highest BCUT2D eigenvalue weighted by Gasteiger charge is 2.38. The summed E-state index contributed by atoms with van der Waals surface area (Å²) in [6, 6.07) is -6.94. The van der Waals surface area contributed by atoms with Crippen LogP contribution in [0.1, 0.15) is 113 Å². The van der Waals surface area contributed by atoms with Crippen molar-refractivity contribution in [2.45, 2.75) is 175 Å². The number of aliphatic carboxylic acids is 2. The number of carbonyl (C=O) groups excluding carboxylic acids is 8. The van der Waals surface area contributed by atoms with Crippen LogP contribution in [0.5, 0.6) is 5.75 Å². The van der Waals surface area contributed by atoms with Gasteiger partial charge >= 0.3 is 11.9 Å². The van der Waals surface area contributed by atoms with Gasteiger partial charge < -0.3 is 74.4 Å². The Morgan fingerprint density at radius 3 is 1.36 bits per heavy atom. The minimum atomic E-state index is -1.84. The number of phenols is 1. The highest BCUT2D eigenvalue weighted by molar-refractivity contribution is 5.99. The first kappa shape index (κ1) is 63.6. The number of aliphatic hydroxyl groups excluding tert-OH is 1. The Hall–Kier alpha value is -6.40. The monoisotopic (exact) mass is 1020 g/mol. The quantitative estimate of drug-likeness (QED) is 0.0371. The van der Waals surface area contributed by atoms with E-state index in [2.05, 4.69) is 42.5 Å². The number of hydrogen-bond acceptors (Lipinski definition) is 14. The number of aromatic hydroxyl groups is 1. The van der Waals surface area contributed by atoms with E-state index in [1.807, 2.05) is 0 Å². The number of phenolic OH excluding ortho intramolecular Hbond substituents is 1. The lowest BCUT2D eigenvalue weighted by Crippen LogP contribution is -2.63. The molecular formula is C48H80N10O14. The van der Waals surface area contributed by atoms with Crippen molar-refractivity contribution in [3.05, 3.63) is 29.8 Å². The van der Waals surface area contributed by atoms with Crippen LogP contribution in [0.25, 0.3) is 0 Å². The van der Waals surface area contributed by atoms with Gasteiger partial charge in [0, 0.05) is 6.42 Å². The van der Waals surface area contributed by atoms with Crippen molar-refractivity contribution in [1.82, 2.24) is 42.5 Å². The van der Waals surface area contributed by atoms with E-state index >= 15 is 0 Å². The van der Waals surface area contributed by atoms with E-state index < -0.39 is 138 Å². The van der Waals surface area contributed by atoms with Crippen LogP contribution in [-0.4, -0.2) is 147 Å². The summed E-state index contributed by atoms with van der Waals surface area (Å²) >= 11 is 0. The second kappa shape index (κ2) is 31.1. The predicted octanol–water partition coefficient (Wildman–Crippen LogP) is -1.37. The molecular weight excluding hydrogens is 941 g/mol. The van der Waals surface area contributed by atoms with Crippen LogP contribution in [0.4, 0.5) is 0 Å². The highest BCUT2D eigenvalue weighted by Crippen LogP contribution is 2.15. The van der Waals surface area contributed by atoms with Crippen molar-refractivity contribution in [2.24, 2.45) is 35.1 Å². The van der Waals surface area contributed by atoms with Gasteiger partial charge in [-0.3, -0.25) is 43.2 Å². The average molecular weight is 1020 g/mol. The molecule has 72 heavy (non-hydrogen) atoms. The molecule has 0 unspecified atom stereocenters. The van der Waals surface area contributed by atoms with Gasteiger partial charge in [0.05, 0.1) is 18.6 Å². The van der Waals surface area contributed by atoms with Crippen molar-refractivity contribution < 1.29 is 68.4 Å². The van der Waals surface area contributed by atoms with Crippen molar-refractivity contribution in [2.75, 3.05) is 6.54 Å². The molecule has 16 N–H and O–H groups in total. The normalized spacial score (nSPS) is 15.6. The van der Waals surface area contributed by atoms with E-state index in [1.165, 1.54) is 52.0 Å². The molecule has 0 fully saturated rings. The van der Waals surface area contributed by atoms with Gasteiger partial charge in [-0.1, -0.05) is 67.5 Å². The summed E-state index contributed by atoms with van der Waals surface area (Å²) in [7, 11) is 0.